The van der Waals surface area contributed by atoms with Gasteiger partial charge in [-0.3, -0.25) is 0 Å². The molecule has 0 bridgehead atoms. The number of hydrogen-bond acceptors (Lipinski definition) is 4. The van der Waals surface area contributed by atoms with Crippen molar-refractivity contribution in [2.24, 2.45) is 10.2 Å². The van der Waals surface area contributed by atoms with Crippen LogP contribution in [0.15, 0.2) is 40.6 Å². The van der Waals surface area contributed by atoms with Gasteiger partial charge in [-0.1, -0.05) is 18.2 Å². The maximum Gasteiger partial charge on any atom is 0.335 e. The number of esters is 1. The van der Waals surface area contributed by atoms with Crippen LogP contribution in [0.4, 0.5) is 5.69 Å². The van der Waals surface area contributed by atoms with Crippen molar-refractivity contribution in [2.45, 2.75) is 19.4 Å². The molecular weight excluding hydrogens is 192 g/mol. The maximum absolute atomic E-state index is 11.3. The van der Waals surface area contributed by atoms with Crippen LogP contribution in [0.2, 0.25) is 0 Å². The van der Waals surface area contributed by atoms with Gasteiger partial charge in [-0.15, -0.1) is 0 Å². The van der Waals surface area contributed by atoms with Crippen molar-refractivity contribution < 1.29 is 9.53 Å². The molecule has 4 heteroatoms. The highest BCUT2D eigenvalue weighted by molar-refractivity contribution is 5.79. The molecule has 0 aliphatic rings. The summed E-state index contributed by atoms with van der Waals surface area (Å²) in [6, 6.07) is 9.25. The van der Waals surface area contributed by atoms with E-state index in [1.54, 1.807) is 13.8 Å². The SMILES string of the molecule is COC(=O)C(C)(C)N=Nc1ccccc1. The van der Waals surface area contributed by atoms with E-state index in [9.17, 15) is 4.79 Å². The summed E-state index contributed by atoms with van der Waals surface area (Å²) in [6.45, 7) is 3.32. The molecule has 1 aromatic carbocycles. The topological polar surface area (TPSA) is 51.0 Å². The number of carbonyl (C=O) groups is 1. The first-order valence-corrected chi connectivity index (χ1v) is 4.62. The number of ether oxygens (including phenoxy) is 1. The minimum Gasteiger partial charge on any atom is -0.467 e. The summed E-state index contributed by atoms with van der Waals surface area (Å²) < 4.78 is 4.61. The molecule has 0 aliphatic carbocycles. The number of methoxy groups -OCH3 is 1. The van der Waals surface area contributed by atoms with Crippen LogP contribution < -0.4 is 0 Å². The van der Waals surface area contributed by atoms with E-state index in [1.807, 2.05) is 30.3 Å². The van der Waals surface area contributed by atoms with E-state index < -0.39 is 11.5 Å². The van der Waals surface area contributed by atoms with Gasteiger partial charge in [0.2, 0.25) is 0 Å². The lowest BCUT2D eigenvalue weighted by Crippen LogP contribution is -2.30. The van der Waals surface area contributed by atoms with Gasteiger partial charge in [0.05, 0.1) is 12.8 Å². The van der Waals surface area contributed by atoms with Crippen LogP contribution in [0.25, 0.3) is 0 Å². The van der Waals surface area contributed by atoms with Gasteiger partial charge >= 0.3 is 5.97 Å². The third-order valence-corrected chi connectivity index (χ3v) is 1.86. The fourth-order valence-corrected chi connectivity index (χ4v) is 0.968. The molecule has 4 nitrogen and oxygen atoms in total. The Balaban J connectivity index is 2.77. The maximum atomic E-state index is 11.3. The minimum atomic E-state index is -0.940. The third kappa shape index (κ3) is 3.16. The molecule has 0 aliphatic heterocycles. The number of carbonyl (C=O) groups excluding carboxylic acids is 1. The smallest absolute Gasteiger partial charge is 0.335 e. The second kappa shape index (κ2) is 4.68. The molecule has 1 aromatic rings. The first-order chi connectivity index (χ1) is 7.06. The molecular formula is C11H14N2O2. The summed E-state index contributed by atoms with van der Waals surface area (Å²) in [5.74, 6) is -0.401. The summed E-state index contributed by atoms with van der Waals surface area (Å²) in [5.41, 5.74) is -0.223. The molecule has 15 heavy (non-hydrogen) atoms. The Morgan fingerprint density at radius 3 is 2.40 bits per heavy atom. The molecule has 0 saturated heterocycles. The first kappa shape index (κ1) is 11.4. The fourth-order valence-electron chi connectivity index (χ4n) is 0.968. The molecule has 0 radical (unpaired) electrons. The standard InChI is InChI=1S/C11H14N2O2/c1-11(2,10(14)15-3)13-12-9-7-5-4-6-8-9/h4-8H,1-3H3. The van der Waals surface area contributed by atoms with Gasteiger partial charge in [0, 0.05) is 0 Å². The van der Waals surface area contributed by atoms with Crippen molar-refractivity contribution in [3.05, 3.63) is 30.3 Å². The van der Waals surface area contributed by atoms with Gasteiger partial charge < -0.3 is 4.74 Å². The summed E-state index contributed by atoms with van der Waals surface area (Å²) in [6.07, 6.45) is 0. The van der Waals surface area contributed by atoms with E-state index in [-0.39, 0.29) is 0 Å². The normalized spacial score (nSPS) is 11.7. The van der Waals surface area contributed by atoms with E-state index >= 15 is 0 Å². The Bertz CT molecular complexity index is 358. The van der Waals surface area contributed by atoms with Gasteiger partial charge in [-0.2, -0.15) is 10.2 Å². The number of hydrogen-bond donors (Lipinski definition) is 0. The number of nitrogens with zero attached hydrogens (tertiary/aromatic N) is 2. The van der Waals surface area contributed by atoms with Crippen LogP contribution in [0.1, 0.15) is 13.8 Å². The zero-order chi connectivity index (χ0) is 11.3. The zero-order valence-corrected chi connectivity index (χ0v) is 9.10. The molecule has 80 valence electrons. The number of azo groups is 1. The second-order valence-corrected chi connectivity index (χ2v) is 3.59. The monoisotopic (exact) mass is 206 g/mol. The van der Waals surface area contributed by atoms with Crippen molar-refractivity contribution in [3.8, 4) is 0 Å². The first-order valence-electron chi connectivity index (χ1n) is 4.62. The molecule has 0 saturated carbocycles. The van der Waals surface area contributed by atoms with E-state index in [0.717, 1.165) is 5.69 Å². The lowest BCUT2D eigenvalue weighted by molar-refractivity contribution is -0.145. The summed E-state index contributed by atoms with van der Waals surface area (Å²) in [7, 11) is 1.34. The molecule has 0 N–H and O–H groups in total. The van der Waals surface area contributed by atoms with Gasteiger partial charge in [-0.05, 0) is 26.0 Å². The molecule has 1 rings (SSSR count). The van der Waals surface area contributed by atoms with Crippen molar-refractivity contribution in [1.29, 1.82) is 0 Å². The number of rotatable bonds is 3. The highest BCUT2D eigenvalue weighted by atomic mass is 16.5. The van der Waals surface area contributed by atoms with Crippen molar-refractivity contribution >= 4 is 11.7 Å². The second-order valence-electron chi connectivity index (χ2n) is 3.59. The predicted molar refractivity (Wildman–Crippen MR) is 57.1 cm³/mol. The molecule has 0 fully saturated rings. The highest BCUT2D eigenvalue weighted by Gasteiger charge is 2.28. The Morgan fingerprint density at radius 2 is 1.87 bits per heavy atom. The summed E-state index contributed by atoms with van der Waals surface area (Å²) in [4.78, 5) is 11.3. The Hall–Kier alpha value is -1.71. The van der Waals surface area contributed by atoms with E-state index in [0.29, 0.717) is 0 Å². The van der Waals surface area contributed by atoms with E-state index in [1.165, 1.54) is 7.11 Å². The quantitative estimate of drug-likeness (QED) is 0.564. The van der Waals surface area contributed by atoms with Gasteiger partial charge in [0.25, 0.3) is 0 Å². The Kier molecular flexibility index (Phi) is 3.55. The largest absolute Gasteiger partial charge is 0.467 e. The van der Waals surface area contributed by atoms with Crippen LogP contribution in [0, 0.1) is 0 Å². The van der Waals surface area contributed by atoms with Crippen LogP contribution in [0.3, 0.4) is 0 Å². The lowest BCUT2D eigenvalue weighted by atomic mass is 10.1. The summed E-state index contributed by atoms with van der Waals surface area (Å²) >= 11 is 0. The molecule has 0 aromatic heterocycles. The van der Waals surface area contributed by atoms with E-state index in [4.69, 9.17) is 0 Å². The molecule has 0 atom stereocenters. The third-order valence-electron chi connectivity index (χ3n) is 1.86. The van der Waals surface area contributed by atoms with Crippen LogP contribution in [-0.4, -0.2) is 18.6 Å². The minimum absolute atomic E-state index is 0.401. The van der Waals surface area contributed by atoms with E-state index in [2.05, 4.69) is 15.0 Å². The Morgan fingerprint density at radius 1 is 1.27 bits per heavy atom. The van der Waals surface area contributed by atoms with Crippen molar-refractivity contribution in [2.75, 3.05) is 7.11 Å². The average Bonchev–Trinajstić information content (AvgIpc) is 2.27. The lowest BCUT2D eigenvalue weighted by Gasteiger charge is -2.13. The predicted octanol–water partition coefficient (Wildman–Crippen LogP) is 2.72. The van der Waals surface area contributed by atoms with Crippen LogP contribution in [-0.2, 0) is 9.53 Å². The fraction of sp³-hybridized carbons (Fsp3) is 0.364. The van der Waals surface area contributed by atoms with Crippen LogP contribution >= 0.6 is 0 Å². The highest BCUT2D eigenvalue weighted by Crippen LogP contribution is 2.17. The average molecular weight is 206 g/mol. The van der Waals surface area contributed by atoms with Gasteiger partial charge in [0.1, 0.15) is 0 Å². The molecule has 0 unspecified atom stereocenters. The van der Waals surface area contributed by atoms with Crippen molar-refractivity contribution in [3.63, 3.8) is 0 Å². The molecule has 0 amide bonds. The van der Waals surface area contributed by atoms with Crippen molar-refractivity contribution in [1.82, 2.24) is 0 Å². The number of benzene rings is 1. The van der Waals surface area contributed by atoms with Gasteiger partial charge in [0.15, 0.2) is 5.54 Å². The van der Waals surface area contributed by atoms with Crippen LogP contribution in [0.5, 0.6) is 0 Å². The Labute approximate surface area is 89.0 Å². The summed E-state index contributed by atoms with van der Waals surface area (Å²) in [5, 5.41) is 7.92. The molecule has 0 heterocycles. The van der Waals surface area contributed by atoms with Gasteiger partial charge in [-0.25, -0.2) is 4.79 Å². The zero-order valence-electron chi connectivity index (χ0n) is 9.10. The molecule has 0 spiro atoms.